The number of allylic oxidation sites excluding steroid dienone is 9. The molecule has 0 rings (SSSR count). The fraction of sp³-hybridized carbons (Fsp3) is 0.357. The minimum atomic E-state index is -1.25. The molecule has 0 heterocycles. The van der Waals surface area contributed by atoms with E-state index in [0.29, 0.717) is 24.5 Å². The van der Waals surface area contributed by atoms with Crippen molar-refractivity contribution >= 4 is 0 Å². The Kier molecular flexibility index (Phi) is 13.8. The Balaban J connectivity index is 5.13. The lowest BCUT2D eigenvalue weighted by atomic mass is 10.0. The van der Waals surface area contributed by atoms with Crippen LogP contribution in [0.2, 0.25) is 0 Å². The fourth-order valence-electron chi connectivity index (χ4n) is 2.14. The monoisotopic (exact) mass is 462 g/mol. The van der Waals surface area contributed by atoms with Gasteiger partial charge < -0.3 is 9.47 Å². The van der Waals surface area contributed by atoms with Crippen molar-refractivity contribution in [3.05, 3.63) is 109 Å². The summed E-state index contributed by atoms with van der Waals surface area (Å²) in [7, 11) is 0. The molecule has 0 aromatic rings. The molecule has 0 aliphatic carbocycles. The van der Waals surface area contributed by atoms with Crippen LogP contribution < -0.4 is 0 Å². The van der Waals surface area contributed by atoms with E-state index < -0.39 is 23.2 Å². The minimum absolute atomic E-state index is 0.0171. The third-order valence-corrected chi connectivity index (χ3v) is 4.89. The molecule has 0 radical (unpaired) electrons. The van der Waals surface area contributed by atoms with E-state index in [2.05, 4.69) is 53.3 Å². The summed E-state index contributed by atoms with van der Waals surface area (Å²) in [5.41, 5.74) is 0.475. The van der Waals surface area contributed by atoms with Crippen molar-refractivity contribution in [3.8, 4) is 0 Å². The first-order valence-corrected chi connectivity index (χ1v) is 10.9. The van der Waals surface area contributed by atoms with Gasteiger partial charge in [-0.15, -0.1) is 0 Å². The SMILES string of the molecule is C=C(/C=C\C(=C)C(=C)/C(F)=C\C(=C)C(C)OCC(C)CC)C(=C)/C(F)=C(/F)C(=C)OCCC. The van der Waals surface area contributed by atoms with Gasteiger partial charge in [-0.2, -0.15) is 4.39 Å². The molecule has 2 nitrogen and oxygen atoms in total. The summed E-state index contributed by atoms with van der Waals surface area (Å²) in [5.74, 6) is -3.13. The largest absolute Gasteiger partial charge is 0.491 e. The van der Waals surface area contributed by atoms with E-state index in [1.165, 1.54) is 18.2 Å². The Morgan fingerprint density at radius 3 is 1.91 bits per heavy atom. The Hall–Kier alpha value is -2.79. The third kappa shape index (κ3) is 10.6. The lowest BCUT2D eigenvalue weighted by Gasteiger charge is -2.16. The van der Waals surface area contributed by atoms with Gasteiger partial charge in [0.15, 0.2) is 11.6 Å². The number of rotatable bonds is 16. The highest BCUT2D eigenvalue weighted by Gasteiger charge is 2.16. The van der Waals surface area contributed by atoms with Crippen LogP contribution in [0.25, 0.3) is 0 Å². The molecule has 0 aliphatic rings. The minimum Gasteiger partial charge on any atom is -0.491 e. The van der Waals surface area contributed by atoms with Crippen molar-refractivity contribution in [1.29, 1.82) is 0 Å². The number of hydrogen-bond donors (Lipinski definition) is 0. The molecule has 0 saturated carbocycles. The van der Waals surface area contributed by atoms with Gasteiger partial charge in [0.05, 0.1) is 12.7 Å². The molecule has 0 spiro atoms. The van der Waals surface area contributed by atoms with E-state index in [4.69, 9.17) is 9.47 Å². The van der Waals surface area contributed by atoms with Gasteiger partial charge in [-0.3, -0.25) is 0 Å². The van der Waals surface area contributed by atoms with Gasteiger partial charge >= 0.3 is 0 Å². The standard InChI is InChI=1S/C28H37F3O2/c1-11-15-32-25(10)28(31)27(30)23(8)20(5)14-13-19(4)22(7)26(29)16-21(6)24(9)33-17-18(3)12-2/h13-14,16,18,24H,4-8,10-12,15,17H2,1-3,9H3/b14-13-,26-16+,28-27-. The Bertz CT molecular complexity index is 872. The van der Waals surface area contributed by atoms with Crippen molar-refractivity contribution in [2.24, 2.45) is 5.92 Å². The van der Waals surface area contributed by atoms with Gasteiger partial charge in [0.2, 0.25) is 5.83 Å². The third-order valence-electron chi connectivity index (χ3n) is 4.89. The zero-order valence-electron chi connectivity index (χ0n) is 20.4. The Labute approximate surface area is 197 Å². The Morgan fingerprint density at radius 1 is 0.848 bits per heavy atom. The molecule has 0 N–H and O–H groups in total. The van der Waals surface area contributed by atoms with E-state index in [-0.39, 0.29) is 35.0 Å². The fourth-order valence-corrected chi connectivity index (χ4v) is 2.14. The van der Waals surface area contributed by atoms with Crippen LogP contribution >= 0.6 is 0 Å². The van der Waals surface area contributed by atoms with Crippen molar-refractivity contribution in [2.75, 3.05) is 13.2 Å². The molecular weight excluding hydrogens is 425 g/mol. The Morgan fingerprint density at radius 2 is 1.39 bits per heavy atom. The lowest BCUT2D eigenvalue weighted by molar-refractivity contribution is 0.0663. The molecule has 0 bridgehead atoms. The first kappa shape index (κ1) is 30.2. The van der Waals surface area contributed by atoms with Crippen LogP contribution in [0.4, 0.5) is 13.2 Å². The number of hydrogen-bond acceptors (Lipinski definition) is 2. The predicted molar refractivity (Wildman–Crippen MR) is 134 cm³/mol. The summed E-state index contributed by atoms with van der Waals surface area (Å²) in [6.45, 7) is 30.4. The van der Waals surface area contributed by atoms with Crippen molar-refractivity contribution in [2.45, 2.75) is 46.6 Å². The second-order valence-corrected chi connectivity index (χ2v) is 7.80. The average molecular weight is 463 g/mol. The molecule has 2 atom stereocenters. The molecule has 0 saturated heterocycles. The summed E-state index contributed by atoms with van der Waals surface area (Å²) in [4.78, 5) is 0. The summed E-state index contributed by atoms with van der Waals surface area (Å²) in [5, 5.41) is 0. The van der Waals surface area contributed by atoms with Gasteiger partial charge in [0.1, 0.15) is 5.83 Å². The highest BCUT2D eigenvalue weighted by molar-refractivity contribution is 5.53. The maximum Gasteiger partial charge on any atom is 0.200 e. The normalized spacial score (nSPS) is 14.3. The smallest absolute Gasteiger partial charge is 0.200 e. The molecule has 0 aliphatic heterocycles. The zero-order valence-corrected chi connectivity index (χ0v) is 20.4. The summed E-state index contributed by atoms with van der Waals surface area (Å²) >= 11 is 0. The van der Waals surface area contributed by atoms with Gasteiger partial charge in [0, 0.05) is 17.8 Å². The highest BCUT2D eigenvalue weighted by Crippen LogP contribution is 2.28. The van der Waals surface area contributed by atoms with E-state index in [1.807, 2.05) is 6.92 Å². The molecule has 0 fully saturated rings. The summed E-state index contributed by atoms with van der Waals surface area (Å²) in [6.07, 6.45) is 5.23. The first-order valence-electron chi connectivity index (χ1n) is 10.9. The van der Waals surface area contributed by atoms with Crippen LogP contribution in [0, 0.1) is 5.92 Å². The van der Waals surface area contributed by atoms with Crippen LogP contribution in [0.5, 0.6) is 0 Å². The van der Waals surface area contributed by atoms with Gasteiger partial charge in [-0.25, -0.2) is 8.78 Å². The van der Waals surface area contributed by atoms with Gasteiger partial charge in [-0.05, 0) is 42.1 Å². The maximum atomic E-state index is 14.6. The second kappa shape index (κ2) is 15.1. The predicted octanol–water partition coefficient (Wildman–Crippen LogP) is 8.72. The molecular formula is C28H37F3O2. The highest BCUT2D eigenvalue weighted by atomic mass is 19.2. The van der Waals surface area contributed by atoms with E-state index in [1.54, 1.807) is 6.92 Å². The van der Waals surface area contributed by atoms with Crippen LogP contribution in [0.1, 0.15) is 40.5 Å². The molecule has 5 heteroatoms. The van der Waals surface area contributed by atoms with Gasteiger partial charge in [-0.1, -0.05) is 78.8 Å². The number of ether oxygens (including phenoxy) is 2. The van der Waals surface area contributed by atoms with Gasteiger partial charge in [0.25, 0.3) is 0 Å². The molecule has 0 aromatic heterocycles. The lowest BCUT2D eigenvalue weighted by Crippen LogP contribution is -2.15. The zero-order chi connectivity index (χ0) is 25.7. The quantitative estimate of drug-likeness (QED) is 0.169. The molecule has 0 amide bonds. The second-order valence-electron chi connectivity index (χ2n) is 7.80. The molecule has 182 valence electrons. The van der Waals surface area contributed by atoms with E-state index >= 15 is 0 Å². The first-order chi connectivity index (χ1) is 15.4. The maximum absolute atomic E-state index is 14.6. The summed E-state index contributed by atoms with van der Waals surface area (Å²) < 4.78 is 53.7. The van der Waals surface area contributed by atoms with Crippen LogP contribution in [0.3, 0.4) is 0 Å². The van der Waals surface area contributed by atoms with Crippen LogP contribution in [-0.2, 0) is 9.47 Å². The van der Waals surface area contributed by atoms with Crippen molar-refractivity contribution in [1.82, 2.24) is 0 Å². The van der Waals surface area contributed by atoms with E-state index in [0.717, 1.165) is 6.42 Å². The van der Waals surface area contributed by atoms with Crippen molar-refractivity contribution in [3.63, 3.8) is 0 Å². The topological polar surface area (TPSA) is 18.5 Å². The average Bonchev–Trinajstić information content (AvgIpc) is 2.81. The molecule has 0 aromatic carbocycles. The van der Waals surface area contributed by atoms with E-state index in [9.17, 15) is 13.2 Å². The van der Waals surface area contributed by atoms with Crippen LogP contribution in [-0.4, -0.2) is 19.3 Å². The molecule has 33 heavy (non-hydrogen) atoms. The van der Waals surface area contributed by atoms with Crippen molar-refractivity contribution < 1.29 is 22.6 Å². The number of halogens is 3. The molecule has 2 unspecified atom stereocenters. The summed E-state index contributed by atoms with van der Waals surface area (Å²) in [6, 6.07) is 0. The van der Waals surface area contributed by atoms with Crippen LogP contribution in [0.15, 0.2) is 109 Å².